The van der Waals surface area contributed by atoms with Crippen molar-refractivity contribution in [2.24, 2.45) is 0 Å². The van der Waals surface area contributed by atoms with Gasteiger partial charge < -0.3 is 15.0 Å². The van der Waals surface area contributed by atoms with E-state index in [9.17, 15) is 9.59 Å². The molecule has 2 N–H and O–H groups in total. The van der Waals surface area contributed by atoms with Crippen molar-refractivity contribution in [1.82, 2.24) is 15.2 Å². The first kappa shape index (κ1) is 16.3. The van der Waals surface area contributed by atoms with E-state index in [0.717, 1.165) is 10.6 Å². The van der Waals surface area contributed by atoms with Crippen LogP contribution < -0.4 is 15.4 Å². The van der Waals surface area contributed by atoms with E-state index >= 15 is 0 Å². The van der Waals surface area contributed by atoms with Crippen molar-refractivity contribution >= 4 is 28.4 Å². The first-order valence-electron chi connectivity index (χ1n) is 7.51. The molecule has 24 heavy (non-hydrogen) atoms. The van der Waals surface area contributed by atoms with E-state index in [4.69, 9.17) is 4.74 Å². The zero-order valence-corrected chi connectivity index (χ0v) is 14.3. The van der Waals surface area contributed by atoms with Crippen LogP contribution in [0.2, 0.25) is 0 Å². The van der Waals surface area contributed by atoms with Gasteiger partial charge in [-0.05, 0) is 18.2 Å². The zero-order chi connectivity index (χ0) is 17.1. The molecule has 3 rings (SSSR count). The van der Waals surface area contributed by atoms with Crippen molar-refractivity contribution in [1.29, 1.82) is 0 Å². The Labute approximate surface area is 143 Å². The van der Waals surface area contributed by atoms with Gasteiger partial charge in [0, 0.05) is 30.5 Å². The number of methoxy groups -OCH3 is 1. The number of benzene rings is 1. The van der Waals surface area contributed by atoms with Crippen LogP contribution in [0.4, 0.5) is 9.93 Å². The van der Waals surface area contributed by atoms with E-state index in [1.807, 2.05) is 6.07 Å². The van der Waals surface area contributed by atoms with Crippen molar-refractivity contribution < 1.29 is 14.3 Å². The van der Waals surface area contributed by atoms with Gasteiger partial charge in [-0.15, -0.1) is 0 Å². The van der Waals surface area contributed by atoms with Crippen molar-refractivity contribution in [2.45, 2.75) is 13.0 Å². The first-order chi connectivity index (χ1) is 11.6. The van der Waals surface area contributed by atoms with Crippen LogP contribution in [0.15, 0.2) is 24.3 Å². The maximum atomic E-state index is 12.7. The molecular formula is C16H18N4O3S. The van der Waals surface area contributed by atoms with Crippen molar-refractivity contribution in [2.75, 3.05) is 26.0 Å². The SMILES string of the molecule is CNC(=O)Nc1nc2c(s1)CN(C(=O)c1cccc(OC)c1)CC2. The summed E-state index contributed by atoms with van der Waals surface area (Å²) in [6.07, 6.45) is 0.678. The second-order valence-electron chi connectivity index (χ2n) is 5.30. The highest BCUT2D eigenvalue weighted by Crippen LogP contribution is 2.29. The summed E-state index contributed by atoms with van der Waals surface area (Å²) in [4.78, 5) is 31.3. The molecule has 2 heterocycles. The summed E-state index contributed by atoms with van der Waals surface area (Å²) in [5.41, 5.74) is 1.55. The smallest absolute Gasteiger partial charge is 0.320 e. The maximum Gasteiger partial charge on any atom is 0.320 e. The molecule has 8 heteroatoms. The zero-order valence-electron chi connectivity index (χ0n) is 13.5. The molecule has 1 aliphatic rings. The number of amides is 3. The van der Waals surface area contributed by atoms with Crippen molar-refractivity contribution in [3.05, 3.63) is 40.4 Å². The van der Waals surface area contributed by atoms with Crippen LogP contribution in [0, 0.1) is 0 Å². The van der Waals surface area contributed by atoms with E-state index in [2.05, 4.69) is 15.6 Å². The van der Waals surface area contributed by atoms with E-state index in [1.54, 1.807) is 37.3 Å². The van der Waals surface area contributed by atoms with Crippen LogP contribution >= 0.6 is 11.3 Å². The van der Waals surface area contributed by atoms with Gasteiger partial charge in [0.25, 0.3) is 5.91 Å². The number of anilines is 1. The van der Waals surface area contributed by atoms with Crippen LogP contribution in [-0.2, 0) is 13.0 Å². The standard InChI is InChI=1S/C16H18N4O3S/c1-17-15(22)19-16-18-12-6-7-20(9-13(12)24-16)14(21)10-4-3-5-11(8-10)23-2/h3-5,8H,6-7,9H2,1-2H3,(H2,17,18,19,22). The quantitative estimate of drug-likeness (QED) is 0.891. The van der Waals surface area contributed by atoms with Crippen LogP contribution in [-0.4, -0.2) is 42.5 Å². The third-order valence-electron chi connectivity index (χ3n) is 3.78. The number of ether oxygens (including phenoxy) is 1. The van der Waals surface area contributed by atoms with Crippen LogP contribution in [0.25, 0.3) is 0 Å². The largest absolute Gasteiger partial charge is 0.497 e. The predicted molar refractivity (Wildman–Crippen MR) is 91.6 cm³/mol. The second kappa shape index (κ2) is 6.88. The molecule has 1 aromatic heterocycles. The highest BCUT2D eigenvalue weighted by Gasteiger charge is 2.25. The van der Waals surface area contributed by atoms with Crippen LogP contribution in [0.3, 0.4) is 0 Å². The van der Waals surface area contributed by atoms with Gasteiger partial charge >= 0.3 is 6.03 Å². The highest BCUT2D eigenvalue weighted by molar-refractivity contribution is 7.15. The second-order valence-corrected chi connectivity index (χ2v) is 6.39. The number of thiazole rings is 1. The predicted octanol–water partition coefficient (Wildman–Crippen LogP) is 2.10. The maximum absolute atomic E-state index is 12.7. The topological polar surface area (TPSA) is 83.6 Å². The number of aromatic nitrogens is 1. The summed E-state index contributed by atoms with van der Waals surface area (Å²) < 4.78 is 5.17. The normalized spacial score (nSPS) is 13.2. The molecule has 0 spiro atoms. The lowest BCUT2D eigenvalue weighted by Gasteiger charge is -2.26. The molecule has 1 aromatic carbocycles. The minimum absolute atomic E-state index is 0.0336. The van der Waals surface area contributed by atoms with E-state index in [-0.39, 0.29) is 11.9 Å². The highest BCUT2D eigenvalue weighted by atomic mass is 32.1. The fourth-order valence-corrected chi connectivity index (χ4v) is 3.54. The number of urea groups is 1. The Kier molecular flexibility index (Phi) is 4.66. The van der Waals surface area contributed by atoms with Gasteiger partial charge in [0.1, 0.15) is 5.75 Å². The van der Waals surface area contributed by atoms with Gasteiger partial charge in [0.2, 0.25) is 0 Å². The van der Waals surface area contributed by atoms with Crippen LogP contribution in [0.1, 0.15) is 20.9 Å². The molecule has 7 nitrogen and oxygen atoms in total. The lowest BCUT2D eigenvalue weighted by atomic mass is 10.1. The molecule has 0 unspecified atom stereocenters. The molecule has 3 amide bonds. The monoisotopic (exact) mass is 346 g/mol. The molecule has 1 aliphatic heterocycles. The minimum atomic E-state index is -0.301. The summed E-state index contributed by atoms with van der Waals surface area (Å²) in [5, 5.41) is 5.72. The molecule has 2 aromatic rings. The lowest BCUT2D eigenvalue weighted by Crippen LogP contribution is -2.35. The van der Waals surface area contributed by atoms with Crippen molar-refractivity contribution in [3.63, 3.8) is 0 Å². The molecular weight excluding hydrogens is 328 g/mol. The van der Waals surface area contributed by atoms with Crippen LogP contribution in [0.5, 0.6) is 5.75 Å². The van der Waals surface area contributed by atoms with Gasteiger partial charge in [0.15, 0.2) is 5.13 Å². The van der Waals surface area contributed by atoms with Gasteiger partial charge in [-0.1, -0.05) is 17.4 Å². The molecule has 0 radical (unpaired) electrons. The number of rotatable bonds is 3. The third-order valence-corrected chi connectivity index (χ3v) is 4.78. The summed E-state index contributed by atoms with van der Waals surface area (Å²) >= 11 is 1.40. The Morgan fingerprint density at radius 3 is 2.96 bits per heavy atom. The molecule has 0 saturated carbocycles. The number of carbonyl (C=O) groups excluding carboxylic acids is 2. The van der Waals surface area contributed by atoms with Gasteiger partial charge in [-0.25, -0.2) is 9.78 Å². The van der Waals surface area contributed by atoms with E-state index < -0.39 is 0 Å². The molecule has 0 saturated heterocycles. The number of nitrogens with zero attached hydrogens (tertiary/aromatic N) is 2. The summed E-state index contributed by atoms with van der Waals surface area (Å²) in [6.45, 7) is 1.10. The van der Waals surface area contributed by atoms with E-state index in [0.29, 0.717) is 36.0 Å². The Balaban J connectivity index is 1.74. The number of carbonyl (C=O) groups is 2. The number of nitrogens with one attached hydrogen (secondary N) is 2. The molecule has 0 atom stereocenters. The summed E-state index contributed by atoms with van der Waals surface area (Å²) in [5.74, 6) is 0.627. The number of hydrogen-bond acceptors (Lipinski definition) is 5. The average molecular weight is 346 g/mol. The molecule has 0 aliphatic carbocycles. The van der Waals surface area contributed by atoms with Crippen molar-refractivity contribution in [3.8, 4) is 5.75 Å². The first-order valence-corrected chi connectivity index (χ1v) is 8.33. The Morgan fingerprint density at radius 1 is 1.38 bits per heavy atom. The fraction of sp³-hybridized carbons (Fsp3) is 0.312. The summed E-state index contributed by atoms with van der Waals surface area (Å²) in [7, 11) is 3.13. The Bertz CT molecular complexity index is 774. The molecule has 126 valence electrons. The Morgan fingerprint density at radius 2 is 2.21 bits per heavy atom. The lowest BCUT2D eigenvalue weighted by molar-refractivity contribution is 0.0736. The number of fused-ring (bicyclic) bond motifs is 1. The molecule has 0 bridgehead atoms. The third kappa shape index (κ3) is 3.33. The average Bonchev–Trinajstić information content (AvgIpc) is 3.02. The minimum Gasteiger partial charge on any atom is -0.497 e. The van der Waals surface area contributed by atoms with Gasteiger partial charge in [-0.3, -0.25) is 10.1 Å². The van der Waals surface area contributed by atoms with Gasteiger partial charge in [-0.2, -0.15) is 0 Å². The van der Waals surface area contributed by atoms with Gasteiger partial charge in [0.05, 0.1) is 19.3 Å². The fourth-order valence-electron chi connectivity index (χ4n) is 2.52. The summed E-state index contributed by atoms with van der Waals surface area (Å²) in [6, 6.07) is 6.84. The number of hydrogen-bond donors (Lipinski definition) is 2. The molecule has 0 fully saturated rings. The van der Waals surface area contributed by atoms with E-state index in [1.165, 1.54) is 11.3 Å². The Hall–Kier alpha value is -2.61.